The molecule has 1 heterocycles. The Balaban J connectivity index is 1.29. The van der Waals surface area contributed by atoms with E-state index in [1.807, 2.05) is 12.1 Å². The molecule has 34 heavy (non-hydrogen) atoms. The number of hydrogen-bond donors (Lipinski definition) is 1. The standard InChI is InChI=1S/C30H38N2O2/c1-30(2,3)26-14-16-28(17-15-26)34-23-27(33)22-31-18-20-32(21-19-31)29(24-10-6-4-7-11-24)25-12-8-5-9-13-25/h4-17,27,29,33H,18-23H2,1-3H3/t27-/m1/s1. The summed E-state index contributed by atoms with van der Waals surface area (Å²) < 4.78 is 5.86. The van der Waals surface area contributed by atoms with Crippen molar-refractivity contribution in [2.24, 2.45) is 0 Å². The smallest absolute Gasteiger partial charge is 0.119 e. The summed E-state index contributed by atoms with van der Waals surface area (Å²) in [6.45, 7) is 11.4. The molecule has 0 aromatic heterocycles. The summed E-state index contributed by atoms with van der Waals surface area (Å²) in [5.41, 5.74) is 4.06. The molecule has 1 N–H and O–H groups in total. The molecule has 1 aliphatic heterocycles. The number of piperazine rings is 1. The minimum absolute atomic E-state index is 0.125. The highest BCUT2D eigenvalue weighted by molar-refractivity contribution is 5.32. The Labute approximate surface area is 204 Å². The van der Waals surface area contributed by atoms with Crippen LogP contribution in [0.2, 0.25) is 0 Å². The minimum atomic E-state index is -0.507. The van der Waals surface area contributed by atoms with Gasteiger partial charge in [-0.1, -0.05) is 93.6 Å². The van der Waals surface area contributed by atoms with Gasteiger partial charge in [-0.05, 0) is 34.2 Å². The second kappa shape index (κ2) is 11.2. The van der Waals surface area contributed by atoms with Crippen molar-refractivity contribution in [2.45, 2.75) is 38.3 Å². The number of ether oxygens (including phenoxy) is 1. The van der Waals surface area contributed by atoms with Gasteiger partial charge in [0, 0.05) is 32.7 Å². The lowest BCUT2D eigenvalue weighted by atomic mass is 9.87. The van der Waals surface area contributed by atoms with Gasteiger partial charge in [-0.2, -0.15) is 0 Å². The second-order valence-electron chi connectivity index (χ2n) is 10.3. The maximum Gasteiger partial charge on any atom is 0.119 e. The number of rotatable bonds is 8. The van der Waals surface area contributed by atoms with Crippen molar-refractivity contribution in [3.05, 3.63) is 102 Å². The zero-order valence-corrected chi connectivity index (χ0v) is 20.7. The summed E-state index contributed by atoms with van der Waals surface area (Å²) in [5.74, 6) is 0.811. The monoisotopic (exact) mass is 458 g/mol. The van der Waals surface area contributed by atoms with E-state index in [0.717, 1.165) is 31.9 Å². The van der Waals surface area contributed by atoms with Crippen LogP contribution in [-0.4, -0.2) is 60.3 Å². The molecule has 4 nitrogen and oxygen atoms in total. The Kier molecular flexibility index (Phi) is 8.04. The maximum atomic E-state index is 10.6. The van der Waals surface area contributed by atoms with E-state index in [-0.39, 0.29) is 11.5 Å². The van der Waals surface area contributed by atoms with E-state index in [1.165, 1.54) is 16.7 Å². The lowest BCUT2D eigenvalue weighted by Crippen LogP contribution is -2.50. The first-order chi connectivity index (χ1) is 16.4. The molecule has 0 radical (unpaired) electrons. The largest absolute Gasteiger partial charge is 0.491 e. The van der Waals surface area contributed by atoms with Gasteiger partial charge in [-0.15, -0.1) is 0 Å². The third-order valence-electron chi connectivity index (χ3n) is 6.63. The molecule has 3 aromatic rings. The number of β-amino-alcohol motifs (C(OH)–C–C–N with tert-alkyl or cyclic N) is 1. The maximum absolute atomic E-state index is 10.6. The van der Waals surface area contributed by atoms with Gasteiger partial charge in [0.05, 0.1) is 6.04 Å². The lowest BCUT2D eigenvalue weighted by molar-refractivity contribution is 0.0401. The van der Waals surface area contributed by atoms with Gasteiger partial charge in [0.25, 0.3) is 0 Å². The average Bonchev–Trinajstić information content (AvgIpc) is 2.85. The third kappa shape index (κ3) is 6.47. The summed E-state index contributed by atoms with van der Waals surface area (Å²) in [4.78, 5) is 4.90. The first-order valence-electron chi connectivity index (χ1n) is 12.4. The van der Waals surface area contributed by atoms with Crippen LogP contribution < -0.4 is 4.74 Å². The van der Waals surface area contributed by atoms with Crippen LogP contribution >= 0.6 is 0 Å². The van der Waals surface area contributed by atoms with E-state index in [1.54, 1.807) is 0 Å². The van der Waals surface area contributed by atoms with Crippen molar-refractivity contribution in [1.29, 1.82) is 0 Å². The van der Waals surface area contributed by atoms with Gasteiger partial charge in [-0.3, -0.25) is 9.80 Å². The summed E-state index contributed by atoms with van der Waals surface area (Å²) in [5, 5.41) is 10.6. The van der Waals surface area contributed by atoms with E-state index >= 15 is 0 Å². The van der Waals surface area contributed by atoms with Crippen molar-refractivity contribution < 1.29 is 9.84 Å². The highest BCUT2D eigenvalue weighted by atomic mass is 16.5. The van der Waals surface area contributed by atoms with Gasteiger partial charge < -0.3 is 9.84 Å². The van der Waals surface area contributed by atoms with Crippen LogP contribution in [0.15, 0.2) is 84.9 Å². The molecular formula is C30H38N2O2. The van der Waals surface area contributed by atoms with E-state index in [9.17, 15) is 5.11 Å². The van der Waals surface area contributed by atoms with Gasteiger partial charge >= 0.3 is 0 Å². The fraction of sp³-hybridized carbons (Fsp3) is 0.400. The van der Waals surface area contributed by atoms with Crippen LogP contribution in [0.3, 0.4) is 0 Å². The van der Waals surface area contributed by atoms with Gasteiger partial charge in [0.2, 0.25) is 0 Å². The fourth-order valence-corrected chi connectivity index (χ4v) is 4.68. The molecular weight excluding hydrogens is 420 g/mol. The molecule has 0 spiro atoms. The van der Waals surface area contributed by atoms with Crippen molar-refractivity contribution in [3.63, 3.8) is 0 Å². The second-order valence-corrected chi connectivity index (χ2v) is 10.3. The quantitative estimate of drug-likeness (QED) is 0.508. The lowest BCUT2D eigenvalue weighted by Gasteiger charge is -2.40. The predicted octanol–water partition coefficient (Wildman–Crippen LogP) is 5.13. The molecule has 180 valence electrons. The molecule has 1 atom stereocenters. The molecule has 0 unspecified atom stereocenters. The van der Waals surface area contributed by atoms with Crippen molar-refractivity contribution >= 4 is 0 Å². The van der Waals surface area contributed by atoms with Gasteiger partial charge in [0.1, 0.15) is 18.5 Å². The molecule has 3 aromatic carbocycles. The Bertz CT molecular complexity index is 952. The molecule has 0 bridgehead atoms. The van der Waals surface area contributed by atoms with Crippen LogP contribution in [0.1, 0.15) is 43.5 Å². The van der Waals surface area contributed by atoms with Crippen LogP contribution in [0.25, 0.3) is 0 Å². The first kappa shape index (κ1) is 24.5. The van der Waals surface area contributed by atoms with Gasteiger partial charge in [-0.25, -0.2) is 0 Å². The van der Waals surface area contributed by atoms with Crippen LogP contribution in [0.4, 0.5) is 0 Å². The van der Waals surface area contributed by atoms with Crippen molar-refractivity contribution in [2.75, 3.05) is 39.3 Å². The summed E-state index contributed by atoms with van der Waals surface area (Å²) in [6.07, 6.45) is -0.507. The number of benzene rings is 3. The number of nitrogens with zero attached hydrogens (tertiary/aromatic N) is 2. The normalized spacial score (nSPS) is 16.5. The van der Waals surface area contributed by atoms with Crippen LogP contribution in [0, 0.1) is 0 Å². The molecule has 0 saturated carbocycles. The zero-order chi connectivity index (χ0) is 24.0. The minimum Gasteiger partial charge on any atom is -0.491 e. The fourth-order valence-electron chi connectivity index (χ4n) is 4.68. The molecule has 4 rings (SSSR count). The topological polar surface area (TPSA) is 35.9 Å². The summed E-state index contributed by atoms with van der Waals surface area (Å²) in [6, 6.07) is 30.0. The third-order valence-corrected chi connectivity index (χ3v) is 6.63. The number of aliphatic hydroxyl groups is 1. The molecule has 1 fully saturated rings. The average molecular weight is 459 g/mol. The molecule has 1 saturated heterocycles. The number of aliphatic hydroxyl groups excluding tert-OH is 1. The molecule has 1 aliphatic rings. The van der Waals surface area contributed by atoms with Gasteiger partial charge in [0.15, 0.2) is 0 Å². The van der Waals surface area contributed by atoms with Crippen LogP contribution in [0.5, 0.6) is 5.75 Å². The summed E-state index contributed by atoms with van der Waals surface area (Å²) >= 11 is 0. The molecule has 0 aliphatic carbocycles. The Morgan fingerprint density at radius 3 is 1.79 bits per heavy atom. The Hall–Kier alpha value is -2.66. The van der Waals surface area contributed by atoms with E-state index in [2.05, 4.69) is 103 Å². The van der Waals surface area contributed by atoms with E-state index < -0.39 is 6.10 Å². The first-order valence-corrected chi connectivity index (χ1v) is 12.4. The predicted molar refractivity (Wildman–Crippen MR) is 139 cm³/mol. The highest BCUT2D eigenvalue weighted by Gasteiger charge is 2.27. The van der Waals surface area contributed by atoms with E-state index in [0.29, 0.717) is 13.2 Å². The van der Waals surface area contributed by atoms with Crippen LogP contribution in [-0.2, 0) is 5.41 Å². The molecule has 0 amide bonds. The SMILES string of the molecule is CC(C)(C)c1ccc(OC[C@H](O)CN2CCN(C(c3ccccc3)c3ccccc3)CC2)cc1. The van der Waals surface area contributed by atoms with Crippen molar-refractivity contribution in [1.82, 2.24) is 9.80 Å². The zero-order valence-electron chi connectivity index (χ0n) is 20.7. The Morgan fingerprint density at radius 2 is 1.29 bits per heavy atom. The summed E-state index contributed by atoms with van der Waals surface area (Å²) in [7, 11) is 0. The molecule has 4 heteroatoms. The number of hydrogen-bond acceptors (Lipinski definition) is 4. The van der Waals surface area contributed by atoms with E-state index in [4.69, 9.17) is 4.74 Å². The van der Waals surface area contributed by atoms with Crippen molar-refractivity contribution in [3.8, 4) is 5.75 Å². The Morgan fingerprint density at radius 1 is 0.765 bits per heavy atom. The highest BCUT2D eigenvalue weighted by Crippen LogP contribution is 2.29.